The van der Waals surface area contributed by atoms with Crippen LogP contribution in [0.1, 0.15) is 21.5 Å². The third-order valence-corrected chi connectivity index (χ3v) is 5.07. The fourth-order valence-electron chi connectivity index (χ4n) is 3.36. The first-order valence-corrected chi connectivity index (χ1v) is 10.3. The van der Waals surface area contributed by atoms with Crippen molar-refractivity contribution in [2.45, 2.75) is 6.61 Å². The lowest BCUT2D eigenvalue weighted by atomic mass is 10.1. The van der Waals surface area contributed by atoms with Gasteiger partial charge in [0, 0.05) is 0 Å². The molecule has 3 aromatic rings. The number of hydrogen-bond donors (Lipinski definition) is 1. The van der Waals surface area contributed by atoms with E-state index >= 15 is 0 Å². The number of rotatable bonds is 6. The summed E-state index contributed by atoms with van der Waals surface area (Å²) in [5.41, 5.74) is 1.81. The first-order valence-electron chi connectivity index (χ1n) is 10.3. The Morgan fingerprint density at radius 2 is 1.68 bits per heavy atom. The Hall–Kier alpha value is -4.72. The van der Waals surface area contributed by atoms with Crippen molar-refractivity contribution < 1.29 is 28.7 Å². The van der Waals surface area contributed by atoms with E-state index in [-0.39, 0.29) is 16.8 Å². The fourth-order valence-corrected chi connectivity index (χ4v) is 3.36. The van der Waals surface area contributed by atoms with Crippen LogP contribution in [0.3, 0.4) is 0 Å². The molecule has 1 fully saturated rings. The van der Waals surface area contributed by atoms with Gasteiger partial charge in [0.15, 0.2) is 0 Å². The summed E-state index contributed by atoms with van der Waals surface area (Å²) in [4.78, 5) is 50.4. The molecule has 0 atom stereocenters. The Labute approximate surface area is 195 Å². The number of amides is 4. The Kier molecular flexibility index (Phi) is 6.49. The summed E-state index contributed by atoms with van der Waals surface area (Å²) in [5.74, 6) is -1.57. The van der Waals surface area contributed by atoms with E-state index in [2.05, 4.69) is 10.1 Å². The van der Waals surface area contributed by atoms with E-state index in [1.54, 1.807) is 24.3 Å². The maximum absolute atomic E-state index is 13.1. The van der Waals surface area contributed by atoms with Gasteiger partial charge in [0.2, 0.25) is 0 Å². The third-order valence-electron chi connectivity index (χ3n) is 5.07. The van der Waals surface area contributed by atoms with Gasteiger partial charge in [0.25, 0.3) is 11.8 Å². The van der Waals surface area contributed by atoms with Crippen LogP contribution in [-0.2, 0) is 20.9 Å². The number of imide groups is 2. The fraction of sp³-hybridized carbons (Fsp3) is 0.0769. The minimum Gasteiger partial charge on any atom is -0.489 e. The van der Waals surface area contributed by atoms with E-state index in [1.165, 1.54) is 37.5 Å². The van der Waals surface area contributed by atoms with Gasteiger partial charge in [-0.2, -0.15) is 0 Å². The normalized spacial score (nSPS) is 14.7. The van der Waals surface area contributed by atoms with E-state index in [4.69, 9.17) is 4.74 Å². The second kappa shape index (κ2) is 9.83. The summed E-state index contributed by atoms with van der Waals surface area (Å²) in [6.07, 6.45) is 1.40. The van der Waals surface area contributed by atoms with Crippen LogP contribution in [-0.4, -0.2) is 30.9 Å². The van der Waals surface area contributed by atoms with E-state index in [9.17, 15) is 19.2 Å². The van der Waals surface area contributed by atoms with Crippen LogP contribution < -0.4 is 15.0 Å². The highest BCUT2D eigenvalue weighted by molar-refractivity contribution is 6.39. The van der Waals surface area contributed by atoms with Crippen LogP contribution in [0.5, 0.6) is 5.75 Å². The van der Waals surface area contributed by atoms with Crippen LogP contribution >= 0.6 is 0 Å². The molecule has 0 spiro atoms. The lowest BCUT2D eigenvalue weighted by Gasteiger charge is -2.26. The molecule has 1 heterocycles. The Balaban J connectivity index is 1.56. The summed E-state index contributed by atoms with van der Waals surface area (Å²) in [6.45, 7) is 0.365. The van der Waals surface area contributed by atoms with Gasteiger partial charge >= 0.3 is 12.0 Å². The minimum atomic E-state index is -0.877. The smallest absolute Gasteiger partial charge is 0.337 e. The summed E-state index contributed by atoms with van der Waals surface area (Å²) in [5, 5.41) is 2.17. The average molecular weight is 456 g/mol. The summed E-state index contributed by atoms with van der Waals surface area (Å²) in [7, 11) is 1.25. The zero-order valence-corrected chi connectivity index (χ0v) is 18.2. The van der Waals surface area contributed by atoms with E-state index in [0.717, 1.165) is 10.5 Å². The first-order chi connectivity index (χ1) is 16.5. The van der Waals surface area contributed by atoms with Crippen molar-refractivity contribution >= 4 is 35.6 Å². The Morgan fingerprint density at radius 1 is 0.941 bits per heavy atom. The molecule has 170 valence electrons. The molecule has 0 saturated carbocycles. The van der Waals surface area contributed by atoms with Crippen molar-refractivity contribution in [3.63, 3.8) is 0 Å². The molecule has 1 aliphatic heterocycles. The number of carbonyl (C=O) groups is 4. The van der Waals surface area contributed by atoms with Crippen molar-refractivity contribution in [2.24, 2.45) is 0 Å². The molecule has 4 rings (SSSR count). The quantitative estimate of drug-likeness (QED) is 0.345. The molecular weight excluding hydrogens is 436 g/mol. The predicted molar refractivity (Wildman–Crippen MR) is 124 cm³/mol. The number of methoxy groups -OCH3 is 1. The van der Waals surface area contributed by atoms with Gasteiger partial charge in [0.05, 0.1) is 18.4 Å². The van der Waals surface area contributed by atoms with Crippen LogP contribution in [0, 0.1) is 0 Å². The zero-order valence-electron chi connectivity index (χ0n) is 18.2. The van der Waals surface area contributed by atoms with E-state index in [1.807, 2.05) is 30.3 Å². The second-order valence-electron chi connectivity index (χ2n) is 7.34. The number of hydrogen-bond acceptors (Lipinski definition) is 6. The SMILES string of the molecule is COC(=O)c1ccc(N2C(=O)NC(=O)/C(=C/c3cccc(OCc4ccccc4)c3)C2=O)cc1. The van der Waals surface area contributed by atoms with Crippen LogP contribution in [0.4, 0.5) is 10.5 Å². The topological polar surface area (TPSA) is 102 Å². The van der Waals surface area contributed by atoms with Crippen LogP contribution in [0.15, 0.2) is 84.4 Å². The van der Waals surface area contributed by atoms with Gasteiger partial charge in [-0.3, -0.25) is 14.9 Å². The maximum atomic E-state index is 13.1. The van der Waals surface area contributed by atoms with Gasteiger partial charge in [-0.25, -0.2) is 14.5 Å². The number of carbonyl (C=O) groups excluding carboxylic acids is 4. The van der Waals surface area contributed by atoms with E-state index < -0.39 is 23.8 Å². The van der Waals surface area contributed by atoms with Crippen molar-refractivity contribution in [2.75, 3.05) is 12.0 Å². The maximum Gasteiger partial charge on any atom is 0.337 e. The largest absolute Gasteiger partial charge is 0.489 e. The predicted octanol–water partition coefficient (Wildman–Crippen LogP) is 3.72. The van der Waals surface area contributed by atoms with Crippen molar-refractivity contribution in [1.82, 2.24) is 5.32 Å². The van der Waals surface area contributed by atoms with Crippen molar-refractivity contribution in [3.8, 4) is 5.75 Å². The highest BCUT2D eigenvalue weighted by Gasteiger charge is 2.36. The molecule has 0 unspecified atom stereocenters. The molecule has 1 saturated heterocycles. The van der Waals surface area contributed by atoms with Crippen LogP contribution in [0.25, 0.3) is 6.08 Å². The molecule has 0 radical (unpaired) electrons. The Bertz CT molecular complexity index is 1280. The summed E-state index contributed by atoms with van der Waals surface area (Å²) < 4.78 is 10.5. The number of esters is 1. The van der Waals surface area contributed by atoms with Crippen molar-refractivity contribution in [3.05, 3.63) is 101 Å². The number of benzene rings is 3. The Morgan fingerprint density at radius 3 is 2.38 bits per heavy atom. The standard InChI is InChI=1S/C26H20N2O6/c1-33-25(31)19-10-12-20(13-11-19)28-24(30)22(23(29)27-26(28)32)15-18-8-5-9-21(14-18)34-16-17-6-3-2-4-7-17/h2-15H,16H2,1H3,(H,27,29,32)/b22-15-. The zero-order chi connectivity index (χ0) is 24.1. The summed E-state index contributed by atoms with van der Waals surface area (Å²) in [6, 6.07) is 21.4. The number of anilines is 1. The first kappa shape index (κ1) is 22.5. The molecule has 1 aliphatic rings. The highest BCUT2D eigenvalue weighted by atomic mass is 16.5. The van der Waals surface area contributed by atoms with Gasteiger partial charge in [-0.1, -0.05) is 42.5 Å². The van der Waals surface area contributed by atoms with Gasteiger partial charge in [-0.05, 0) is 53.6 Å². The highest BCUT2D eigenvalue weighted by Crippen LogP contribution is 2.24. The number of barbiturate groups is 1. The van der Waals surface area contributed by atoms with Crippen LogP contribution in [0.2, 0.25) is 0 Å². The molecular formula is C26H20N2O6. The average Bonchev–Trinajstić information content (AvgIpc) is 2.86. The minimum absolute atomic E-state index is 0.202. The molecule has 0 bridgehead atoms. The van der Waals surface area contributed by atoms with E-state index in [0.29, 0.717) is 17.9 Å². The molecule has 1 N–H and O–H groups in total. The van der Waals surface area contributed by atoms with Crippen molar-refractivity contribution in [1.29, 1.82) is 0 Å². The van der Waals surface area contributed by atoms with Gasteiger partial charge in [0.1, 0.15) is 17.9 Å². The second-order valence-corrected chi connectivity index (χ2v) is 7.34. The monoisotopic (exact) mass is 456 g/mol. The summed E-state index contributed by atoms with van der Waals surface area (Å²) >= 11 is 0. The molecule has 34 heavy (non-hydrogen) atoms. The lowest BCUT2D eigenvalue weighted by molar-refractivity contribution is -0.122. The molecule has 4 amide bonds. The molecule has 8 heteroatoms. The molecule has 3 aromatic carbocycles. The van der Waals surface area contributed by atoms with Gasteiger partial charge < -0.3 is 9.47 Å². The molecule has 8 nitrogen and oxygen atoms in total. The number of ether oxygens (including phenoxy) is 2. The number of nitrogens with zero attached hydrogens (tertiary/aromatic N) is 1. The third kappa shape index (κ3) is 4.86. The lowest BCUT2D eigenvalue weighted by Crippen LogP contribution is -2.54. The number of nitrogens with one attached hydrogen (secondary N) is 1. The molecule has 0 aliphatic carbocycles. The molecule has 0 aromatic heterocycles. The number of urea groups is 1. The van der Waals surface area contributed by atoms with Gasteiger partial charge in [-0.15, -0.1) is 0 Å².